The second kappa shape index (κ2) is 2.42. The monoisotopic (exact) mass is 161 g/mol. The minimum atomic E-state index is 0.217. The average molecular weight is 161 g/mol. The Morgan fingerprint density at radius 3 is 2.83 bits per heavy atom. The van der Waals surface area contributed by atoms with Crippen molar-refractivity contribution in [2.45, 2.75) is 6.92 Å². The summed E-state index contributed by atoms with van der Waals surface area (Å²) in [5.41, 5.74) is 1.54. The predicted octanol–water partition coefficient (Wildman–Crippen LogP) is 1.60. The summed E-state index contributed by atoms with van der Waals surface area (Å²) in [5, 5.41) is 8.71. The molecule has 3 heteroatoms. The van der Waals surface area contributed by atoms with Crippen molar-refractivity contribution in [1.29, 1.82) is 5.26 Å². The van der Waals surface area contributed by atoms with Crippen LogP contribution in [0.5, 0.6) is 11.5 Å². The molecule has 0 saturated carbocycles. The first kappa shape index (κ1) is 6.99. The summed E-state index contributed by atoms with van der Waals surface area (Å²) in [4.78, 5) is 0. The Morgan fingerprint density at radius 2 is 2.08 bits per heavy atom. The maximum Gasteiger partial charge on any atom is 0.231 e. The molecule has 0 fully saturated rings. The van der Waals surface area contributed by atoms with Gasteiger partial charge in [0.15, 0.2) is 11.5 Å². The van der Waals surface area contributed by atoms with Gasteiger partial charge in [-0.15, -0.1) is 0 Å². The Bertz CT molecular complexity index is 366. The molecule has 0 saturated heterocycles. The van der Waals surface area contributed by atoms with Crippen LogP contribution >= 0.6 is 0 Å². The van der Waals surface area contributed by atoms with Crippen molar-refractivity contribution < 1.29 is 9.47 Å². The van der Waals surface area contributed by atoms with Crippen LogP contribution in [0.1, 0.15) is 11.1 Å². The molecule has 1 aliphatic rings. The molecule has 0 unspecified atom stereocenters. The zero-order valence-electron chi connectivity index (χ0n) is 6.63. The number of benzene rings is 1. The third-order valence-electron chi connectivity index (χ3n) is 1.84. The van der Waals surface area contributed by atoms with Crippen LogP contribution in [0, 0.1) is 18.3 Å². The second-order valence-corrected chi connectivity index (χ2v) is 2.61. The minimum absolute atomic E-state index is 0.217. The fourth-order valence-electron chi connectivity index (χ4n) is 1.22. The summed E-state index contributed by atoms with van der Waals surface area (Å²) in [6.45, 7) is 2.14. The topological polar surface area (TPSA) is 42.2 Å². The molecule has 0 N–H and O–H groups in total. The van der Waals surface area contributed by atoms with E-state index in [0.29, 0.717) is 17.1 Å². The molecule has 1 aromatic carbocycles. The summed E-state index contributed by atoms with van der Waals surface area (Å²) in [6.07, 6.45) is 0. The van der Waals surface area contributed by atoms with E-state index in [-0.39, 0.29) is 6.79 Å². The predicted molar refractivity (Wildman–Crippen MR) is 42.0 cm³/mol. The molecule has 0 spiro atoms. The molecule has 1 aromatic rings. The van der Waals surface area contributed by atoms with Gasteiger partial charge in [-0.3, -0.25) is 0 Å². The van der Waals surface area contributed by atoms with Crippen LogP contribution in [0.25, 0.3) is 0 Å². The first-order valence-corrected chi connectivity index (χ1v) is 3.62. The van der Waals surface area contributed by atoms with Gasteiger partial charge in [-0.25, -0.2) is 0 Å². The van der Waals surface area contributed by atoms with Crippen LogP contribution in [0.2, 0.25) is 0 Å². The minimum Gasteiger partial charge on any atom is -0.453 e. The zero-order chi connectivity index (χ0) is 8.55. The van der Waals surface area contributed by atoms with Crippen LogP contribution < -0.4 is 9.47 Å². The SMILES string of the molecule is Cc1ccc(C#N)c2c1OCO2. The summed E-state index contributed by atoms with van der Waals surface area (Å²) in [6, 6.07) is 5.64. The molecule has 0 atom stereocenters. The van der Waals surface area contributed by atoms with Gasteiger partial charge in [-0.2, -0.15) is 5.26 Å². The van der Waals surface area contributed by atoms with E-state index in [1.165, 1.54) is 0 Å². The number of rotatable bonds is 0. The molecular weight excluding hydrogens is 154 g/mol. The highest BCUT2D eigenvalue weighted by Gasteiger charge is 2.19. The van der Waals surface area contributed by atoms with Gasteiger partial charge in [-0.05, 0) is 18.6 Å². The smallest absolute Gasteiger partial charge is 0.231 e. The van der Waals surface area contributed by atoms with Gasteiger partial charge in [0.2, 0.25) is 6.79 Å². The van der Waals surface area contributed by atoms with Gasteiger partial charge in [0.1, 0.15) is 6.07 Å². The highest BCUT2D eigenvalue weighted by Crippen LogP contribution is 2.37. The Kier molecular flexibility index (Phi) is 1.41. The van der Waals surface area contributed by atoms with Crippen molar-refractivity contribution >= 4 is 0 Å². The van der Waals surface area contributed by atoms with Crippen LogP contribution in [-0.2, 0) is 0 Å². The third kappa shape index (κ3) is 0.817. The fraction of sp³-hybridized carbons (Fsp3) is 0.222. The summed E-state index contributed by atoms with van der Waals surface area (Å²) >= 11 is 0. The van der Waals surface area contributed by atoms with Gasteiger partial charge in [0.25, 0.3) is 0 Å². The maximum absolute atomic E-state index is 8.71. The number of hydrogen-bond donors (Lipinski definition) is 0. The van der Waals surface area contributed by atoms with Crippen LogP contribution in [0.3, 0.4) is 0 Å². The summed E-state index contributed by atoms with van der Waals surface area (Å²) in [7, 11) is 0. The lowest BCUT2D eigenvalue weighted by Crippen LogP contribution is -1.93. The molecule has 2 rings (SSSR count). The number of nitrogens with zero attached hydrogens (tertiary/aromatic N) is 1. The Labute approximate surface area is 70.1 Å². The zero-order valence-corrected chi connectivity index (χ0v) is 6.63. The molecule has 0 radical (unpaired) electrons. The van der Waals surface area contributed by atoms with Gasteiger partial charge >= 0.3 is 0 Å². The number of ether oxygens (including phenoxy) is 2. The number of aryl methyl sites for hydroxylation is 1. The lowest BCUT2D eigenvalue weighted by Gasteiger charge is -2.00. The van der Waals surface area contributed by atoms with Crippen molar-refractivity contribution in [2.75, 3.05) is 6.79 Å². The number of hydrogen-bond acceptors (Lipinski definition) is 3. The van der Waals surface area contributed by atoms with Crippen LogP contribution in [-0.4, -0.2) is 6.79 Å². The van der Waals surface area contributed by atoms with Crippen molar-refractivity contribution in [3.05, 3.63) is 23.3 Å². The fourth-order valence-corrected chi connectivity index (χ4v) is 1.22. The normalized spacial score (nSPS) is 12.7. The standard InChI is InChI=1S/C9H7NO2/c1-6-2-3-7(4-10)9-8(6)11-5-12-9/h2-3H,5H2,1H3. The average Bonchev–Trinajstić information content (AvgIpc) is 2.54. The van der Waals surface area contributed by atoms with E-state index < -0.39 is 0 Å². The highest BCUT2D eigenvalue weighted by atomic mass is 16.7. The quantitative estimate of drug-likeness (QED) is 0.580. The van der Waals surface area contributed by atoms with Gasteiger partial charge in [-0.1, -0.05) is 6.07 Å². The Hall–Kier alpha value is -1.69. The highest BCUT2D eigenvalue weighted by molar-refractivity contribution is 5.57. The van der Waals surface area contributed by atoms with Crippen molar-refractivity contribution in [3.63, 3.8) is 0 Å². The van der Waals surface area contributed by atoms with E-state index >= 15 is 0 Å². The molecule has 12 heavy (non-hydrogen) atoms. The van der Waals surface area contributed by atoms with E-state index in [9.17, 15) is 0 Å². The van der Waals surface area contributed by atoms with E-state index in [4.69, 9.17) is 14.7 Å². The number of nitriles is 1. The van der Waals surface area contributed by atoms with Gasteiger partial charge < -0.3 is 9.47 Å². The molecule has 0 bridgehead atoms. The van der Waals surface area contributed by atoms with E-state index in [1.54, 1.807) is 6.07 Å². The number of fused-ring (bicyclic) bond motifs is 1. The van der Waals surface area contributed by atoms with Crippen LogP contribution in [0.4, 0.5) is 0 Å². The van der Waals surface area contributed by atoms with Crippen molar-refractivity contribution in [2.24, 2.45) is 0 Å². The molecule has 1 aliphatic heterocycles. The first-order chi connectivity index (χ1) is 5.83. The summed E-state index contributed by atoms with van der Waals surface area (Å²) < 4.78 is 10.4. The molecule has 1 heterocycles. The Morgan fingerprint density at radius 1 is 1.33 bits per heavy atom. The van der Waals surface area contributed by atoms with E-state index in [0.717, 1.165) is 5.56 Å². The maximum atomic E-state index is 8.71. The summed E-state index contributed by atoms with van der Waals surface area (Å²) in [5.74, 6) is 1.28. The van der Waals surface area contributed by atoms with Crippen molar-refractivity contribution in [1.82, 2.24) is 0 Å². The Balaban J connectivity index is 2.66. The van der Waals surface area contributed by atoms with Crippen molar-refractivity contribution in [3.8, 4) is 17.6 Å². The van der Waals surface area contributed by atoms with E-state index in [2.05, 4.69) is 0 Å². The molecule has 0 amide bonds. The molecule has 0 aromatic heterocycles. The molecule has 3 nitrogen and oxygen atoms in total. The third-order valence-corrected chi connectivity index (χ3v) is 1.84. The second-order valence-electron chi connectivity index (χ2n) is 2.61. The van der Waals surface area contributed by atoms with Crippen LogP contribution in [0.15, 0.2) is 12.1 Å². The molecule has 60 valence electrons. The van der Waals surface area contributed by atoms with E-state index in [1.807, 2.05) is 19.1 Å². The van der Waals surface area contributed by atoms with Gasteiger partial charge in [0.05, 0.1) is 5.56 Å². The molecular formula is C9H7NO2. The lowest BCUT2D eigenvalue weighted by molar-refractivity contribution is 0.173. The molecule has 0 aliphatic carbocycles. The largest absolute Gasteiger partial charge is 0.453 e. The lowest BCUT2D eigenvalue weighted by atomic mass is 10.1. The first-order valence-electron chi connectivity index (χ1n) is 3.62. The van der Waals surface area contributed by atoms with Gasteiger partial charge in [0, 0.05) is 0 Å².